The van der Waals surface area contributed by atoms with Gasteiger partial charge in [0.1, 0.15) is 0 Å². The standard InChI is InChI=1S/C28H31N3O2/c1-29(2)22-18-31(19-22)28(33)26-14-8-12-24-23(11-7-13-25(24)26)20-9-6-10-21(17-20)27(32)30-15-4-3-5-16-30/h6-14,17,22H,3-5,15-16,18-19H2,1-2H3. The van der Waals surface area contributed by atoms with Crippen molar-refractivity contribution < 1.29 is 9.59 Å². The van der Waals surface area contributed by atoms with Gasteiger partial charge >= 0.3 is 0 Å². The molecule has 2 amide bonds. The molecule has 2 heterocycles. The summed E-state index contributed by atoms with van der Waals surface area (Å²) in [4.78, 5) is 32.3. The van der Waals surface area contributed by atoms with E-state index in [0.29, 0.717) is 6.04 Å². The molecule has 2 aliphatic heterocycles. The minimum Gasteiger partial charge on any atom is -0.339 e. The van der Waals surface area contributed by atoms with Crippen molar-refractivity contribution in [1.29, 1.82) is 0 Å². The van der Waals surface area contributed by atoms with Crippen molar-refractivity contribution in [1.82, 2.24) is 14.7 Å². The second-order valence-electron chi connectivity index (χ2n) is 9.47. The summed E-state index contributed by atoms with van der Waals surface area (Å²) in [6.07, 6.45) is 3.36. The number of carbonyl (C=O) groups is 2. The maximum Gasteiger partial charge on any atom is 0.254 e. The molecule has 0 radical (unpaired) electrons. The first-order valence-corrected chi connectivity index (χ1v) is 11.9. The summed E-state index contributed by atoms with van der Waals surface area (Å²) in [6.45, 7) is 3.22. The fourth-order valence-corrected chi connectivity index (χ4v) is 4.97. The molecule has 0 unspecified atom stereocenters. The third-order valence-corrected chi connectivity index (χ3v) is 7.10. The van der Waals surface area contributed by atoms with E-state index in [-0.39, 0.29) is 11.8 Å². The monoisotopic (exact) mass is 441 g/mol. The molecule has 2 fully saturated rings. The van der Waals surface area contributed by atoms with Gasteiger partial charge < -0.3 is 14.7 Å². The molecule has 5 rings (SSSR count). The average molecular weight is 442 g/mol. The van der Waals surface area contributed by atoms with Gasteiger partial charge in [-0.2, -0.15) is 0 Å². The first kappa shape index (κ1) is 21.7. The van der Waals surface area contributed by atoms with Crippen molar-refractivity contribution in [3.8, 4) is 11.1 Å². The van der Waals surface area contributed by atoms with Gasteiger partial charge in [-0.05, 0) is 73.5 Å². The highest BCUT2D eigenvalue weighted by Gasteiger charge is 2.33. The molecule has 2 aliphatic rings. The molecule has 170 valence electrons. The van der Waals surface area contributed by atoms with Crippen LogP contribution in [0.25, 0.3) is 21.9 Å². The number of likely N-dealkylation sites (N-methyl/N-ethyl adjacent to an activating group) is 1. The molecule has 0 aromatic heterocycles. The van der Waals surface area contributed by atoms with Crippen LogP contribution in [0.5, 0.6) is 0 Å². The van der Waals surface area contributed by atoms with Crippen LogP contribution in [0.15, 0.2) is 60.7 Å². The number of rotatable bonds is 4. The molecule has 3 aromatic rings. The highest BCUT2D eigenvalue weighted by molar-refractivity contribution is 6.11. The summed E-state index contributed by atoms with van der Waals surface area (Å²) in [5.74, 6) is 0.200. The third-order valence-electron chi connectivity index (χ3n) is 7.10. The van der Waals surface area contributed by atoms with E-state index in [2.05, 4.69) is 31.1 Å². The highest BCUT2D eigenvalue weighted by atomic mass is 16.2. The summed E-state index contributed by atoms with van der Waals surface area (Å²) < 4.78 is 0. The van der Waals surface area contributed by atoms with Crippen molar-refractivity contribution in [3.05, 3.63) is 71.8 Å². The van der Waals surface area contributed by atoms with Crippen LogP contribution in [-0.4, -0.2) is 72.8 Å². The second kappa shape index (κ2) is 8.99. The molecule has 3 aromatic carbocycles. The molecule has 0 N–H and O–H groups in total. The zero-order valence-electron chi connectivity index (χ0n) is 19.5. The van der Waals surface area contributed by atoms with Crippen molar-refractivity contribution in [2.45, 2.75) is 25.3 Å². The lowest BCUT2D eigenvalue weighted by molar-refractivity contribution is 0.0401. The number of hydrogen-bond donors (Lipinski definition) is 0. The Balaban J connectivity index is 1.47. The number of likely N-dealkylation sites (tertiary alicyclic amines) is 2. The van der Waals surface area contributed by atoms with E-state index < -0.39 is 0 Å². The van der Waals surface area contributed by atoms with Crippen molar-refractivity contribution >= 4 is 22.6 Å². The molecule has 2 saturated heterocycles. The fraction of sp³-hybridized carbons (Fsp3) is 0.357. The molecular formula is C28H31N3O2. The average Bonchev–Trinajstić information content (AvgIpc) is 2.82. The normalized spacial score (nSPS) is 16.8. The minimum atomic E-state index is 0.0878. The van der Waals surface area contributed by atoms with E-state index in [1.165, 1.54) is 6.42 Å². The maximum absolute atomic E-state index is 13.2. The zero-order chi connectivity index (χ0) is 22.9. The van der Waals surface area contributed by atoms with Gasteiger partial charge in [0.15, 0.2) is 0 Å². The number of carbonyl (C=O) groups excluding carboxylic acids is 2. The number of benzene rings is 3. The van der Waals surface area contributed by atoms with Crippen molar-refractivity contribution in [2.24, 2.45) is 0 Å². The van der Waals surface area contributed by atoms with Crippen LogP contribution in [0.1, 0.15) is 40.0 Å². The van der Waals surface area contributed by atoms with E-state index in [9.17, 15) is 9.59 Å². The van der Waals surface area contributed by atoms with Crippen LogP contribution in [-0.2, 0) is 0 Å². The van der Waals surface area contributed by atoms with Crippen LogP contribution in [0.3, 0.4) is 0 Å². The molecule has 0 bridgehead atoms. The number of nitrogens with zero attached hydrogens (tertiary/aromatic N) is 3. The topological polar surface area (TPSA) is 43.9 Å². The first-order valence-electron chi connectivity index (χ1n) is 11.9. The summed E-state index contributed by atoms with van der Waals surface area (Å²) in [6, 6.07) is 20.4. The van der Waals surface area contributed by atoms with Gasteiger partial charge in [0.05, 0.1) is 0 Å². The van der Waals surface area contributed by atoms with Crippen LogP contribution < -0.4 is 0 Å². The predicted octanol–water partition coefficient (Wildman–Crippen LogP) is 4.52. The minimum absolute atomic E-state index is 0.0878. The van der Waals surface area contributed by atoms with Gasteiger partial charge in [0.25, 0.3) is 11.8 Å². The summed E-state index contributed by atoms with van der Waals surface area (Å²) in [5, 5.41) is 2.00. The van der Waals surface area contributed by atoms with Crippen LogP contribution in [0.4, 0.5) is 0 Å². The van der Waals surface area contributed by atoms with E-state index in [0.717, 1.165) is 72.0 Å². The number of hydrogen-bond acceptors (Lipinski definition) is 3. The molecule has 0 aliphatic carbocycles. The summed E-state index contributed by atoms with van der Waals surface area (Å²) in [7, 11) is 4.11. The Hall–Kier alpha value is -3.18. The summed E-state index contributed by atoms with van der Waals surface area (Å²) in [5.41, 5.74) is 3.52. The molecule has 0 atom stereocenters. The van der Waals surface area contributed by atoms with Crippen molar-refractivity contribution in [2.75, 3.05) is 40.3 Å². The maximum atomic E-state index is 13.2. The van der Waals surface area contributed by atoms with Gasteiger partial charge in [-0.15, -0.1) is 0 Å². The lowest BCUT2D eigenvalue weighted by atomic mass is 9.93. The van der Waals surface area contributed by atoms with E-state index in [4.69, 9.17) is 0 Å². The Morgan fingerprint density at radius 1 is 0.788 bits per heavy atom. The Bertz CT molecular complexity index is 1190. The van der Waals surface area contributed by atoms with Gasteiger partial charge in [0.2, 0.25) is 0 Å². The summed E-state index contributed by atoms with van der Waals surface area (Å²) >= 11 is 0. The van der Waals surface area contributed by atoms with Crippen LogP contribution in [0, 0.1) is 0 Å². The smallest absolute Gasteiger partial charge is 0.254 e. The zero-order valence-corrected chi connectivity index (χ0v) is 19.5. The van der Waals surface area contributed by atoms with Crippen LogP contribution in [0.2, 0.25) is 0 Å². The number of amides is 2. The van der Waals surface area contributed by atoms with Gasteiger partial charge in [-0.25, -0.2) is 0 Å². The van der Waals surface area contributed by atoms with Gasteiger partial charge in [-0.3, -0.25) is 9.59 Å². The Morgan fingerprint density at radius 2 is 1.48 bits per heavy atom. The second-order valence-corrected chi connectivity index (χ2v) is 9.47. The van der Waals surface area contributed by atoms with E-state index in [1.807, 2.05) is 58.3 Å². The molecule has 5 nitrogen and oxygen atoms in total. The van der Waals surface area contributed by atoms with E-state index >= 15 is 0 Å². The molecule has 0 spiro atoms. The van der Waals surface area contributed by atoms with Gasteiger partial charge in [-0.1, -0.05) is 42.5 Å². The van der Waals surface area contributed by atoms with Gasteiger partial charge in [0, 0.05) is 43.3 Å². The Labute approximate surface area is 195 Å². The highest BCUT2D eigenvalue weighted by Crippen LogP contribution is 2.32. The SMILES string of the molecule is CN(C)C1CN(C(=O)c2cccc3c(-c4cccc(C(=O)N5CCCCC5)c4)cccc23)C1. The molecular weight excluding hydrogens is 410 g/mol. The lowest BCUT2D eigenvalue weighted by Crippen LogP contribution is -2.59. The fourth-order valence-electron chi connectivity index (χ4n) is 4.97. The molecule has 5 heteroatoms. The largest absolute Gasteiger partial charge is 0.339 e. The predicted molar refractivity (Wildman–Crippen MR) is 133 cm³/mol. The quantitative estimate of drug-likeness (QED) is 0.598. The van der Waals surface area contributed by atoms with Crippen molar-refractivity contribution in [3.63, 3.8) is 0 Å². The number of fused-ring (bicyclic) bond motifs is 1. The van der Waals surface area contributed by atoms with E-state index in [1.54, 1.807) is 0 Å². The molecule has 33 heavy (non-hydrogen) atoms. The van der Waals surface area contributed by atoms with Crippen LogP contribution >= 0.6 is 0 Å². The molecule has 0 saturated carbocycles. The lowest BCUT2D eigenvalue weighted by Gasteiger charge is -2.42. The Kier molecular flexibility index (Phi) is 5.90. The first-order chi connectivity index (χ1) is 16.0. The Morgan fingerprint density at radius 3 is 2.24 bits per heavy atom. The number of piperidine rings is 1. The third kappa shape index (κ3) is 4.13.